The molecule has 0 unspecified atom stereocenters. The second-order valence-electron chi connectivity index (χ2n) is 5.13. The lowest BCUT2D eigenvalue weighted by Gasteiger charge is -2.17. The summed E-state index contributed by atoms with van der Waals surface area (Å²) in [5, 5.41) is 22.1. The molecular weight excluding hydrogens is 371 g/mol. The van der Waals surface area contributed by atoms with Crippen LogP contribution in [0.15, 0.2) is 54.2 Å². The number of aromatic nitrogens is 2. The smallest absolute Gasteiger partial charge is 0.418 e. The van der Waals surface area contributed by atoms with Crippen molar-refractivity contribution in [2.45, 2.75) is 6.18 Å². The molecule has 1 N–H and O–H groups in total. The molecule has 2 aromatic heterocycles. The van der Waals surface area contributed by atoms with Crippen molar-refractivity contribution >= 4 is 28.2 Å². The molecule has 0 spiro atoms. The van der Waals surface area contributed by atoms with Gasteiger partial charge < -0.3 is 10.3 Å². The number of pyridine rings is 1. The quantitative estimate of drug-likeness (QED) is 0.542. The first-order valence-corrected chi connectivity index (χ1v) is 7.99. The second kappa shape index (κ2) is 6.64. The van der Waals surface area contributed by atoms with Crippen LogP contribution >= 0.6 is 11.3 Å². The second-order valence-corrected chi connectivity index (χ2v) is 5.96. The van der Waals surface area contributed by atoms with Crippen LogP contribution in [0.1, 0.15) is 5.56 Å². The third-order valence-corrected chi connectivity index (χ3v) is 4.23. The van der Waals surface area contributed by atoms with E-state index in [1.54, 1.807) is 5.38 Å². The number of alkyl halides is 3. The molecule has 0 fully saturated rings. The van der Waals surface area contributed by atoms with Gasteiger partial charge in [-0.3, -0.25) is 0 Å². The molecule has 134 valence electrons. The van der Waals surface area contributed by atoms with E-state index in [1.807, 2.05) is 0 Å². The Morgan fingerprint density at radius 2 is 1.92 bits per heavy atom. The van der Waals surface area contributed by atoms with Gasteiger partial charge in [0.25, 0.3) is 0 Å². The van der Waals surface area contributed by atoms with Crippen LogP contribution in [-0.2, 0) is 6.18 Å². The zero-order valence-corrected chi connectivity index (χ0v) is 13.7. The number of hydrogen-bond acceptors (Lipinski definition) is 4. The van der Waals surface area contributed by atoms with E-state index in [-0.39, 0.29) is 10.8 Å². The fraction of sp³-hybridized carbons (Fsp3) is 0.0625. The van der Waals surface area contributed by atoms with Crippen LogP contribution in [0.5, 0.6) is 0 Å². The lowest BCUT2D eigenvalue weighted by Crippen LogP contribution is -2.24. The van der Waals surface area contributed by atoms with Crippen LogP contribution in [0.3, 0.4) is 0 Å². The average molecular weight is 381 g/mol. The van der Waals surface area contributed by atoms with E-state index >= 15 is 0 Å². The number of benzene rings is 1. The van der Waals surface area contributed by atoms with Gasteiger partial charge >= 0.3 is 12.3 Å². The van der Waals surface area contributed by atoms with Crippen molar-refractivity contribution in [2.75, 3.05) is 4.90 Å². The monoisotopic (exact) mass is 381 g/mol. The number of rotatable bonds is 3. The standard InChI is InChI=1S/C16H10F3N3O3S/c17-16(18,19)11-2-1-3-12(8-11)22(15(23)24)14-20-13(9-26-14)10-4-6-21(25)7-5-10/h1-9H,(H,23,24). The molecule has 0 aliphatic carbocycles. The lowest BCUT2D eigenvalue weighted by atomic mass is 10.2. The van der Waals surface area contributed by atoms with Gasteiger partial charge in [-0.05, 0) is 18.2 Å². The van der Waals surface area contributed by atoms with Crippen molar-refractivity contribution in [1.29, 1.82) is 0 Å². The summed E-state index contributed by atoms with van der Waals surface area (Å²) >= 11 is 0.961. The van der Waals surface area contributed by atoms with E-state index < -0.39 is 17.8 Å². The molecule has 26 heavy (non-hydrogen) atoms. The molecule has 0 aliphatic heterocycles. The highest BCUT2D eigenvalue weighted by atomic mass is 32.1. The number of amides is 1. The van der Waals surface area contributed by atoms with Gasteiger partial charge in [-0.15, -0.1) is 11.3 Å². The Balaban J connectivity index is 2.00. The van der Waals surface area contributed by atoms with Gasteiger partial charge in [0.15, 0.2) is 17.5 Å². The van der Waals surface area contributed by atoms with Gasteiger partial charge in [0.05, 0.1) is 16.9 Å². The summed E-state index contributed by atoms with van der Waals surface area (Å²) in [6, 6.07) is 7.00. The molecule has 0 radical (unpaired) electrons. The van der Waals surface area contributed by atoms with E-state index in [1.165, 1.54) is 30.6 Å². The fourth-order valence-corrected chi connectivity index (χ4v) is 3.05. The first-order chi connectivity index (χ1) is 12.3. The third kappa shape index (κ3) is 3.59. The summed E-state index contributed by atoms with van der Waals surface area (Å²) in [6.45, 7) is 0. The Hall–Kier alpha value is -3.14. The highest BCUT2D eigenvalue weighted by molar-refractivity contribution is 7.14. The largest absolute Gasteiger partial charge is 0.619 e. The molecule has 0 saturated carbocycles. The predicted octanol–water partition coefficient (Wildman–Crippen LogP) is 4.28. The van der Waals surface area contributed by atoms with Crippen LogP contribution in [0, 0.1) is 5.21 Å². The van der Waals surface area contributed by atoms with E-state index in [2.05, 4.69) is 4.98 Å². The van der Waals surface area contributed by atoms with Crippen LogP contribution < -0.4 is 9.63 Å². The number of halogens is 3. The van der Waals surface area contributed by atoms with Crippen LogP contribution in [-0.4, -0.2) is 16.2 Å². The first-order valence-electron chi connectivity index (χ1n) is 7.11. The van der Waals surface area contributed by atoms with Crippen molar-refractivity contribution in [3.05, 3.63) is 64.9 Å². The van der Waals surface area contributed by atoms with Gasteiger partial charge in [0.2, 0.25) is 0 Å². The molecule has 6 nitrogen and oxygen atoms in total. The molecule has 3 aromatic rings. The molecule has 2 heterocycles. The Morgan fingerprint density at radius 1 is 1.23 bits per heavy atom. The summed E-state index contributed by atoms with van der Waals surface area (Å²) in [4.78, 5) is 16.5. The van der Waals surface area contributed by atoms with Gasteiger partial charge in [0.1, 0.15) is 0 Å². The average Bonchev–Trinajstić information content (AvgIpc) is 3.04. The maximum atomic E-state index is 12.9. The van der Waals surface area contributed by atoms with Crippen molar-refractivity contribution in [3.8, 4) is 11.3 Å². The molecule has 0 saturated heterocycles. The molecule has 0 bridgehead atoms. The maximum absolute atomic E-state index is 12.9. The summed E-state index contributed by atoms with van der Waals surface area (Å²) in [6.07, 6.45) is -3.53. The number of nitrogens with zero attached hydrogens (tertiary/aromatic N) is 3. The topological polar surface area (TPSA) is 80.4 Å². The molecule has 3 rings (SSSR count). The Bertz CT molecular complexity index is 942. The number of hydrogen-bond donors (Lipinski definition) is 1. The molecule has 1 aromatic carbocycles. The summed E-state index contributed by atoms with van der Waals surface area (Å²) in [5.74, 6) is 0. The zero-order chi connectivity index (χ0) is 18.9. The molecular formula is C16H10F3N3O3S. The lowest BCUT2D eigenvalue weighted by molar-refractivity contribution is -0.605. The highest BCUT2D eigenvalue weighted by Crippen LogP contribution is 2.36. The van der Waals surface area contributed by atoms with Crippen molar-refractivity contribution < 1.29 is 27.8 Å². The van der Waals surface area contributed by atoms with E-state index in [9.17, 15) is 28.3 Å². The number of carbonyl (C=O) groups is 1. The third-order valence-electron chi connectivity index (χ3n) is 3.40. The molecule has 0 aliphatic rings. The minimum absolute atomic E-state index is 0.00863. The van der Waals surface area contributed by atoms with E-state index in [4.69, 9.17) is 0 Å². The van der Waals surface area contributed by atoms with Crippen molar-refractivity contribution in [2.24, 2.45) is 0 Å². The number of anilines is 2. The Kier molecular flexibility index (Phi) is 4.51. The summed E-state index contributed by atoms with van der Waals surface area (Å²) in [7, 11) is 0. The minimum Gasteiger partial charge on any atom is -0.619 e. The normalized spacial score (nSPS) is 11.3. The molecule has 10 heteroatoms. The fourth-order valence-electron chi connectivity index (χ4n) is 2.21. The van der Waals surface area contributed by atoms with Crippen molar-refractivity contribution in [3.63, 3.8) is 0 Å². The predicted molar refractivity (Wildman–Crippen MR) is 88.1 cm³/mol. The van der Waals surface area contributed by atoms with Gasteiger partial charge in [-0.25, -0.2) is 14.7 Å². The van der Waals surface area contributed by atoms with E-state index in [0.29, 0.717) is 20.9 Å². The zero-order valence-electron chi connectivity index (χ0n) is 12.8. The maximum Gasteiger partial charge on any atom is 0.418 e. The summed E-state index contributed by atoms with van der Waals surface area (Å²) in [5.41, 5.74) is -0.141. The van der Waals surface area contributed by atoms with Crippen LogP contribution in [0.2, 0.25) is 0 Å². The Morgan fingerprint density at radius 3 is 2.54 bits per heavy atom. The van der Waals surface area contributed by atoms with Crippen LogP contribution in [0.4, 0.5) is 28.8 Å². The van der Waals surface area contributed by atoms with Gasteiger partial charge in [0, 0.05) is 23.1 Å². The first kappa shape index (κ1) is 17.7. The number of thiazole rings is 1. The molecule has 1 amide bonds. The van der Waals surface area contributed by atoms with Gasteiger partial charge in [-0.2, -0.15) is 17.9 Å². The Labute approximate surface area is 149 Å². The van der Waals surface area contributed by atoms with Gasteiger partial charge in [-0.1, -0.05) is 6.07 Å². The highest BCUT2D eigenvalue weighted by Gasteiger charge is 2.32. The van der Waals surface area contributed by atoms with Crippen LogP contribution in [0.25, 0.3) is 11.3 Å². The summed E-state index contributed by atoms with van der Waals surface area (Å²) < 4.78 is 39.2. The number of carboxylic acid groups (broad SMARTS) is 1. The molecule has 0 atom stereocenters. The SMILES string of the molecule is O=C(O)N(c1cccc(C(F)(F)F)c1)c1nc(-c2cc[n+]([O-])cc2)cs1. The van der Waals surface area contributed by atoms with Crippen molar-refractivity contribution in [1.82, 2.24) is 4.98 Å². The minimum atomic E-state index is -4.59. The van der Waals surface area contributed by atoms with E-state index in [0.717, 1.165) is 29.5 Å².